The summed E-state index contributed by atoms with van der Waals surface area (Å²) < 4.78 is 70.3. The van der Waals surface area contributed by atoms with Crippen molar-refractivity contribution in [1.82, 2.24) is 14.4 Å². The summed E-state index contributed by atoms with van der Waals surface area (Å²) in [5.74, 6) is -1.03. The van der Waals surface area contributed by atoms with Gasteiger partial charge in [0.1, 0.15) is 37.3 Å². The number of ether oxygens (including phenoxy) is 2. The SMILES string of the molecule is CC(C(=O)OC(CF)CF)N(Oc1ccccc1)[PH](=O)OC[C@H]1O[C@@H](n2ccc(=O)[nH]c2=O)[C@](C)(F)[C@@H]1O. The first kappa shape index (κ1) is 29.6. The molecule has 0 spiro atoms. The first-order valence-corrected chi connectivity index (χ1v) is 12.6. The van der Waals surface area contributed by atoms with Crippen molar-refractivity contribution >= 4 is 14.1 Å². The number of carbonyl (C=O) groups excluding carboxylic acids is 1. The van der Waals surface area contributed by atoms with E-state index in [0.717, 1.165) is 23.8 Å². The third kappa shape index (κ3) is 6.72. The van der Waals surface area contributed by atoms with E-state index in [-0.39, 0.29) is 5.75 Å². The lowest BCUT2D eigenvalue weighted by Gasteiger charge is -2.27. The quantitative estimate of drug-likeness (QED) is 0.220. The van der Waals surface area contributed by atoms with Gasteiger partial charge in [-0.25, -0.2) is 18.0 Å². The lowest BCUT2D eigenvalue weighted by molar-refractivity contribution is -0.162. The summed E-state index contributed by atoms with van der Waals surface area (Å²) in [7, 11) is -3.52. The highest BCUT2D eigenvalue weighted by atomic mass is 31.1. The monoisotopic (exact) mass is 565 g/mol. The molecule has 0 bridgehead atoms. The van der Waals surface area contributed by atoms with Crippen molar-refractivity contribution in [3.63, 3.8) is 0 Å². The highest BCUT2D eigenvalue weighted by molar-refractivity contribution is 7.36. The molecule has 3 rings (SSSR count). The fourth-order valence-electron chi connectivity index (χ4n) is 3.51. The Labute approximate surface area is 214 Å². The van der Waals surface area contributed by atoms with Crippen LogP contribution in [0.1, 0.15) is 20.1 Å². The van der Waals surface area contributed by atoms with Gasteiger partial charge in [-0.2, -0.15) is 0 Å². The minimum Gasteiger partial charge on any atom is -0.456 e. The number of benzene rings is 1. The molecule has 1 fully saturated rings. The van der Waals surface area contributed by atoms with Crippen LogP contribution in [-0.2, 0) is 23.4 Å². The van der Waals surface area contributed by atoms with E-state index in [1.54, 1.807) is 18.2 Å². The molecule has 2 N–H and O–H groups in total. The number of alkyl halides is 3. The maximum Gasteiger partial charge on any atom is 0.330 e. The highest BCUT2D eigenvalue weighted by Gasteiger charge is 2.55. The van der Waals surface area contributed by atoms with E-state index in [1.807, 2.05) is 4.98 Å². The van der Waals surface area contributed by atoms with Crippen molar-refractivity contribution < 1.29 is 46.5 Å². The van der Waals surface area contributed by atoms with E-state index >= 15 is 4.39 Å². The number of esters is 1. The van der Waals surface area contributed by atoms with Gasteiger partial charge in [-0.3, -0.25) is 23.7 Å². The van der Waals surface area contributed by atoms with E-state index in [0.29, 0.717) is 4.83 Å². The molecule has 38 heavy (non-hydrogen) atoms. The summed E-state index contributed by atoms with van der Waals surface area (Å²) in [6, 6.07) is 7.26. The number of hydrogen-bond donors (Lipinski definition) is 2. The molecule has 1 aromatic carbocycles. The van der Waals surface area contributed by atoms with Crippen molar-refractivity contribution in [3.05, 3.63) is 63.4 Å². The average Bonchev–Trinajstić information content (AvgIpc) is 3.12. The zero-order chi connectivity index (χ0) is 28.0. The Hall–Kier alpha value is -2.97. The predicted octanol–water partition coefficient (Wildman–Crippen LogP) is 1.46. The number of nitrogens with zero attached hydrogens (tertiary/aromatic N) is 2. The second-order valence-corrected chi connectivity index (χ2v) is 9.75. The fraction of sp³-hybridized carbons (Fsp3) is 0.500. The van der Waals surface area contributed by atoms with Crippen LogP contribution in [-0.4, -0.2) is 75.4 Å². The number of halogens is 3. The minimum atomic E-state index is -3.52. The molecule has 0 radical (unpaired) electrons. The Morgan fingerprint density at radius 2 is 1.92 bits per heavy atom. The van der Waals surface area contributed by atoms with Crippen molar-refractivity contribution in [3.8, 4) is 5.75 Å². The van der Waals surface area contributed by atoms with Crippen LogP contribution in [0.15, 0.2) is 52.2 Å². The molecule has 2 unspecified atom stereocenters. The molecule has 2 heterocycles. The molecule has 1 aliphatic heterocycles. The number of hydroxylamine groups is 1. The molecule has 210 valence electrons. The second-order valence-electron chi connectivity index (χ2n) is 8.49. The summed E-state index contributed by atoms with van der Waals surface area (Å²) in [4.78, 5) is 43.9. The Kier molecular flexibility index (Phi) is 9.90. The van der Waals surface area contributed by atoms with Crippen LogP contribution in [0.2, 0.25) is 0 Å². The highest BCUT2D eigenvalue weighted by Crippen LogP contribution is 2.42. The summed E-state index contributed by atoms with van der Waals surface area (Å²) in [5, 5.41) is 10.5. The van der Waals surface area contributed by atoms with Gasteiger partial charge in [0.2, 0.25) is 0 Å². The van der Waals surface area contributed by atoms with Crippen LogP contribution >= 0.6 is 8.18 Å². The number of nitrogens with one attached hydrogen (secondary N) is 1. The molecule has 0 amide bonds. The number of aromatic amines is 1. The Morgan fingerprint density at radius 3 is 2.53 bits per heavy atom. The number of para-hydroxylation sites is 1. The van der Waals surface area contributed by atoms with Crippen LogP contribution in [0, 0.1) is 0 Å². The van der Waals surface area contributed by atoms with Gasteiger partial charge >= 0.3 is 11.7 Å². The molecular formula is C22H27F3N3O9P. The number of carbonyl (C=O) groups is 1. The largest absolute Gasteiger partial charge is 0.456 e. The third-order valence-corrected chi connectivity index (χ3v) is 6.89. The van der Waals surface area contributed by atoms with E-state index in [4.69, 9.17) is 18.8 Å². The molecule has 16 heteroatoms. The van der Waals surface area contributed by atoms with Crippen molar-refractivity contribution in [2.24, 2.45) is 0 Å². The number of hydrogen-bond acceptors (Lipinski definition) is 9. The molecule has 1 aliphatic rings. The molecule has 6 atom stereocenters. The molecular weight excluding hydrogens is 538 g/mol. The lowest BCUT2D eigenvalue weighted by atomic mass is 9.98. The van der Waals surface area contributed by atoms with Crippen molar-refractivity contribution in [2.75, 3.05) is 20.0 Å². The number of rotatable bonds is 12. The average molecular weight is 565 g/mol. The number of H-pyrrole nitrogens is 1. The molecule has 2 aromatic rings. The normalized spacial score (nSPS) is 24.9. The second kappa shape index (κ2) is 12.7. The predicted molar refractivity (Wildman–Crippen MR) is 126 cm³/mol. The smallest absolute Gasteiger partial charge is 0.330 e. The van der Waals surface area contributed by atoms with Crippen LogP contribution in [0.4, 0.5) is 13.2 Å². The van der Waals surface area contributed by atoms with Crippen LogP contribution in [0.25, 0.3) is 0 Å². The minimum absolute atomic E-state index is 0.132. The zero-order valence-corrected chi connectivity index (χ0v) is 21.3. The number of aliphatic hydroxyl groups is 1. The maximum atomic E-state index is 15.4. The van der Waals surface area contributed by atoms with E-state index in [2.05, 4.69) is 0 Å². The van der Waals surface area contributed by atoms with Crippen molar-refractivity contribution in [1.29, 1.82) is 0 Å². The molecule has 1 saturated heterocycles. The standard InChI is InChI=1S/C22H27F3N3O9P/c1-13(19(31)35-15(10-23)11-24)28(37-14-6-4-3-5-7-14)38(33)34-12-16-18(30)22(2,25)20(36-16)27-9-8-17(29)26-21(27)32/h3-9,13,15-16,18,20,30,38H,10-12H2,1-2H3,(H,26,29,32)/t13?,16-,18-,20-,22-/m1/s1. The Bertz CT molecular complexity index is 1230. The molecule has 0 saturated carbocycles. The van der Waals surface area contributed by atoms with Crippen LogP contribution in [0.3, 0.4) is 0 Å². The molecule has 0 aliphatic carbocycles. The van der Waals surface area contributed by atoms with Crippen molar-refractivity contribution in [2.45, 2.75) is 50.1 Å². The summed E-state index contributed by atoms with van der Waals surface area (Å²) >= 11 is 0. The molecule has 12 nitrogen and oxygen atoms in total. The number of aliphatic hydroxyl groups excluding tert-OH is 1. The zero-order valence-electron chi connectivity index (χ0n) is 20.3. The first-order valence-electron chi connectivity index (χ1n) is 11.3. The van der Waals surface area contributed by atoms with Gasteiger partial charge in [-0.15, -0.1) is 0 Å². The van der Waals surface area contributed by atoms with Gasteiger partial charge in [0.15, 0.2) is 18.0 Å². The van der Waals surface area contributed by atoms with Crippen LogP contribution < -0.4 is 16.1 Å². The summed E-state index contributed by atoms with van der Waals surface area (Å²) in [6.45, 7) is -1.07. The number of aromatic nitrogens is 2. The van der Waals surface area contributed by atoms with Gasteiger partial charge < -0.3 is 23.9 Å². The lowest BCUT2D eigenvalue weighted by Crippen LogP contribution is -2.43. The Balaban J connectivity index is 1.75. The molecule has 1 aromatic heterocycles. The van der Waals surface area contributed by atoms with Gasteiger partial charge in [-0.1, -0.05) is 23.0 Å². The van der Waals surface area contributed by atoms with Gasteiger partial charge in [-0.05, 0) is 26.0 Å². The fourth-order valence-corrected chi connectivity index (χ4v) is 4.55. The Morgan fingerprint density at radius 1 is 1.26 bits per heavy atom. The topological polar surface area (TPSA) is 149 Å². The van der Waals surface area contributed by atoms with E-state index in [1.165, 1.54) is 19.1 Å². The van der Waals surface area contributed by atoms with Crippen LogP contribution in [0.5, 0.6) is 5.75 Å². The van der Waals surface area contributed by atoms with Gasteiger partial charge in [0.25, 0.3) is 13.7 Å². The van der Waals surface area contributed by atoms with Gasteiger partial charge in [0.05, 0.1) is 6.61 Å². The van der Waals surface area contributed by atoms with E-state index in [9.17, 15) is 32.8 Å². The third-order valence-electron chi connectivity index (χ3n) is 5.64. The summed E-state index contributed by atoms with van der Waals surface area (Å²) in [5.41, 5.74) is -4.24. The first-order chi connectivity index (χ1) is 18.0. The van der Waals surface area contributed by atoms with E-state index < -0.39 is 81.6 Å². The summed E-state index contributed by atoms with van der Waals surface area (Å²) in [6.07, 6.45) is -5.63. The maximum absolute atomic E-state index is 15.4. The van der Waals surface area contributed by atoms with Gasteiger partial charge in [0, 0.05) is 12.3 Å².